The summed E-state index contributed by atoms with van der Waals surface area (Å²) < 4.78 is 1.21. The maximum Gasteiger partial charge on any atom is 0.0942 e. The molecule has 1 nitrogen and oxygen atoms in total. The van der Waals surface area contributed by atoms with E-state index in [-0.39, 0.29) is 0 Å². The summed E-state index contributed by atoms with van der Waals surface area (Å²) >= 11 is 0. The fourth-order valence-electron chi connectivity index (χ4n) is 1.88. The number of nitrogens with zero attached hydrogens (tertiary/aromatic N) is 1. The Morgan fingerprint density at radius 2 is 1.22 bits per heavy atom. The highest BCUT2D eigenvalue weighted by atomic mass is 15.4. The van der Waals surface area contributed by atoms with Gasteiger partial charge in [-0.3, -0.25) is 0 Å². The van der Waals surface area contributed by atoms with Crippen molar-refractivity contribution < 1.29 is 4.48 Å². The van der Waals surface area contributed by atoms with Crippen LogP contribution in [0.5, 0.6) is 0 Å². The minimum absolute atomic E-state index is 0.861. The Morgan fingerprint density at radius 3 is 1.33 bits per heavy atom. The molecule has 0 aromatic heterocycles. The number of hydrogen-bond donors (Lipinski definition) is 0. The molecule has 0 aliphatic carbocycles. The molecule has 1 saturated heterocycles. The Balaban J connectivity index is 2.62. The van der Waals surface area contributed by atoms with E-state index in [4.69, 9.17) is 0 Å². The van der Waals surface area contributed by atoms with E-state index in [2.05, 4.69) is 34.9 Å². The standard InChI is InChI=1S/C8H18N/c1-6-7(2)9(4,5)8(6)3/h6-8H,1-5H3/q+1. The summed E-state index contributed by atoms with van der Waals surface area (Å²) in [6, 6.07) is 1.72. The molecule has 54 valence electrons. The minimum Gasteiger partial charge on any atom is -0.323 e. The zero-order valence-electron chi connectivity index (χ0n) is 7.18. The summed E-state index contributed by atoms with van der Waals surface area (Å²) in [6.07, 6.45) is 0. The number of likely N-dealkylation sites (tertiary alicyclic amines) is 1. The topological polar surface area (TPSA) is 0 Å². The molecule has 1 heteroatoms. The molecule has 1 rings (SSSR count). The van der Waals surface area contributed by atoms with E-state index in [9.17, 15) is 0 Å². The lowest BCUT2D eigenvalue weighted by atomic mass is 9.81. The molecule has 1 aliphatic rings. The van der Waals surface area contributed by atoms with Crippen LogP contribution in [0.25, 0.3) is 0 Å². The molecule has 0 bridgehead atoms. The van der Waals surface area contributed by atoms with Crippen molar-refractivity contribution in [2.24, 2.45) is 5.92 Å². The summed E-state index contributed by atoms with van der Waals surface area (Å²) in [5.41, 5.74) is 0. The smallest absolute Gasteiger partial charge is 0.0942 e. The maximum absolute atomic E-state index is 2.35. The molecule has 0 amide bonds. The summed E-state index contributed by atoms with van der Waals surface area (Å²) in [5, 5.41) is 0. The van der Waals surface area contributed by atoms with Gasteiger partial charge in [0.1, 0.15) is 0 Å². The van der Waals surface area contributed by atoms with Crippen LogP contribution in [0.2, 0.25) is 0 Å². The van der Waals surface area contributed by atoms with Crippen molar-refractivity contribution in [1.82, 2.24) is 0 Å². The second-order valence-electron chi connectivity index (χ2n) is 3.97. The van der Waals surface area contributed by atoms with E-state index in [1.807, 2.05) is 0 Å². The predicted molar refractivity (Wildman–Crippen MR) is 40.2 cm³/mol. The fraction of sp³-hybridized carbons (Fsp3) is 1.00. The highest BCUT2D eigenvalue weighted by molar-refractivity contribution is 4.79. The van der Waals surface area contributed by atoms with E-state index < -0.39 is 0 Å². The monoisotopic (exact) mass is 128 g/mol. The van der Waals surface area contributed by atoms with Crippen molar-refractivity contribution in [3.63, 3.8) is 0 Å². The van der Waals surface area contributed by atoms with Gasteiger partial charge in [-0.25, -0.2) is 0 Å². The molecule has 0 aromatic rings. The zero-order valence-corrected chi connectivity index (χ0v) is 7.18. The summed E-state index contributed by atoms with van der Waals surface area (Å²) in [5.74, 6) is 0.917. The first-order chi connectivity index (χ1) is 3.98. The van der Waals surface area contributed by atoms with Crippen LogP contribution in [0.3, 0.4) is 0 Å². The molecule has 1 aliphatic heterocycles. The van der Waals surface area contributed by atoms with Crippen molar-refractivity contribution in [3.05, 3.63) is 0 Å². The third-order valence-electron chi connectivity index (χ3n) is 3.62. The number of hydrogen-bond acceptors (Lipinski definition) is 0. The van der Waals surface area contributed by atoms with Crippen LogP contribution in [-0.4, -0.2) is 30.7 Å². The number of rotatable bonds is 0. The largest absolute Gasteiger partial charge is 0.323 e. The highest BCUT2D eigenvalue weighted by Gasteiger charge is 2.49. The van der Waals surface area contributed by atoms with Crippen LogP contribution >= 0.6 is 0 Å². The van der Waals surface area contributed by atoms with Gasteiger partial charge >= 0.3 is 0 Å². The summed E-state index contributed by atoms with van der Waals surface area (Å²) in [6.45, 7) is 7.02. The molecule has 2 atom stereocenters. The maximum atomic E-state index is 2.35. The van der Waals surface area contributed by atoms with Crippen LogP contribution in [0, 0.1) is 5.92 Å². The van der Waals surface area contributed by atoms with Gasteiger partial charge in [0.25, 0.3) is 0 Å². The summed E-state index contributed by atoms with van der Waals surface area (Å²) in [4.78, 5) is 0. The molecule has 0 aromatic carbocycles. The molecular formula is C8H18N+. The third kappa shape index (κ3) is 0.710. The molecule has 0 saturated carbocycles. The van der Waals surface area contributed by atoms with Gasteiger partial charge < -0.3 is 4.48 Å². The van der Waals surface area contributed by atoms with Crippen molar-refractivity contribution in [2.75, 3.05) is 14.1 Å². The fourth-order valence-corrected chi connectivity index (χ4v) is 1.88. The third-order valence-corrected chi connectivity index (χ3v) is 3.62. The first-order valence-corrected chi connectivity index (χ1v) is 3.81. The molecule has 1 fully saturated rings. The van der Waals surface area contributed by atoms with Crippen LogP contribution in [0.4, 0.5) is 0 Å². The normalized spacial score (nSPS) is 48.3. The quantitative estimate of drug-likeness (QED) is 0.434. The lowest BCUT2D eigenvalue weighted by Crippen LogP contribution is -2.70. The van der Waals surface area contributed by atoms with Gasteiger partial charge in [-0.2, -0.15) is 0 Å². The van der Waals surface area contributed by atoms with Gasteiger partial charge in [-0.05, 0) is 13.8 Å². The highest BCUT2D eigenvalue weighted by Crippen LogP contribution is 2.35. The Morgan fingerprint density at radius 1 is 0.889 bits per heavy atom. The lowest BCUT2D eigenvalue weighted by Gasteiger charge is -2.56. The van der Waals surface area contributed by atoms with Crippen LogP contribution in [-0.2, 0) is 0 Å². The van der Waals surface area contributed by atoms with E-state index in [0.717, 1.165) is 18.0 Å². The van der Waals surface area contributed by atoms with Crippen molar-refractivity contribution in [1.29, 1.82) is 0 Å². The SMILES string of the molecule is CC1C(C)[N+](C)(C)C1C. The van der Waals surface area contributed by atoms with Gasteiger partial charge in [0.15, 0.2) is 0 Å². The van der Waals surface area contributed by atoms with Gasteiger partial charge in [-0.1, -0.05) is 6.92 Å². The molecular weight excluding hydrogens is 110 g/mol. The minimum atomic E-state index is 0.861. The molecule has 0 N–H and O–H groups in total. The lowest BCUT2D eigenvalue weighted by molar-refractivity contribution is -0.988. The average molecular weight is 128 g/mol. The molecule has 1 heterocycles. The molecule has 0 spiro atoms. The molecule has 2 unspecified atom stereocenters. The molecule has 0 radical (unpaired) electrons. The van der Waals surface area contributed by atoms with Crippen molar-refractivity contribution >= 4 is 0 Å². The Labute approximate surface area is 58.3 Å². The van der Waals surface area contributed by atoms with E-state index in [1.165, 1.54) is 4.48 Å². The van der Waals surface area contributed by atoms with Crippen LogP contribution < -0.4 is 0 Å². The first kappa shape index (κ1) is 7.07. The van der Waals surface area contributed by atoms with Crippen LogP contribution in [0.15, 0.2) is 0 Å². The Kier molecular flexibility index (Phi) is 1.35. The zero-order chi connectivity index (χ0) is 7.23. The molecule has 9 heavy (non-hydrogen) atoms. The summed E-state index contributed by atoms with van der Waals surface area (Å²) in [7, 11) is 4.63. The van der Waals surface area contributed by atoms with Gasteiger partial charge in [0.2, 0.25) is 0 Å². The van der Waals surface area contributed by atoms with E-state index >= 15 is 0 Å². The van der Waals surface area contributed by atoms with Crippen molar-refractivity contribution in [3.8, 4) is 0 Å². The number of quaternary nitrogens is 1. The van der Waals surface area contributed by atoms with Gasteiger partial charge in [0.05, 0.1) is 32.1 Å². The van der Waals surface area contributed by atoms with Gasteiger partial charge in [0, 0.05) is 0 Å². The van der Waals surface area contributed by atoms with E-state index in [0.29, 0.717) is 0 Å². The Bertz CT molecular complexity index is 106. The van der Waals surface area contributed by atoms with E-state index in [1.54, 1.807) is 0 Å². The second-order valence-corrected chi connectivity index (χ2v) is 3.97. The van der Waals surface area contributed by atoms with Gasteiger partial charge in [-0.15, -0.1) is 0 Å². The van der Waals surface area contributed by atoms with Crippen LogP contribution in [0.1, 0.15) is 20.8 Å². The average Bonchev–Trinajstić information content (AvgIpc) is 1.84. The second kappa shape index (κ2) is 1.72. The van der Waals surface area contributed by atoms with Crippen molar-refractivity contribution in [2.45, 2.75) is 32.9 Å². The first-order valence-electron chi connectivity index (χ1n) is 3.81. The Hall–Kier alpha value is -0.0400. The predicted octanol–water partition coefficient (Wildman–Crippen LogP) is 1.49.